The van der Waals surface area contributed by atoms with Gasteiger partial charge in [-0.25, -0.2) is 4.79 Å². The molecule has 0 aromatic heterocycles. The van der Waals surface area contributed by atoms with Gasteiger partial charge in [0.2, 0.25) is 0 Å². The number of aliphatic carboxylic acids is 1. The van der Waals surface area contributed by atoms with Crippen LogP contribution in [0, 0.1) is 0 Å². The number of nitrogens with two attached hydrogens (primary N) is 1. The minimum atomic E-state index is -1.05. The summed E-state index contributed by atoms with van der Waals surface area (Å²) >= 11 is 0. The van der Waals surface area contributed by atoms with Crippen LogP contribution in [0.15, 0.2) is 36.9 Å². The van der Waals surface area contributed by atoms with Gasteiger partial charge in [0.05, 0.1) is 0 Å². The second-order valence-electron chi connectivity index (χ2n) is 3.42. The maximum Gasteiger partial charge on any atom is 0.335 e. The molecule has 3 N–H and O–H groups in total. The first kappa shape index (κ1) is 12.9. The molecule has 90 valence electrons. The summed E-state index contributed by atoms with van der Waals surface area (Å²) in [4.78, 5) is 21.4. The van der Waals surface area contributed by atoms with Crippen molar-refractivity contribution in [1.29, 1.82) is 0 Å². The smallest absolute Gasteiger partial charge is 0.335 e. The van der Waals surface area contributed by atoms with Crippen LogP contribution in [0.2, 0.25) is 0 Å². The van der Waals surface area contributed by atoms with E-state index in [-0.39, 0.29) is 6.42 Å². The zero-order valence-corrected chi connectivity index (χ0v) is 9.13. The zero-order valence-electron chi connectivity index (χ0n) is 9.13. The molecule has 5 nitrogen and oxygen atoms in total. The van der Waals surface area contributed by atoms with Crippen LogP contribution in [0.25, 0.3) is 0 Å². The van der Waals surface area contributed by atoms with E-state index in [4.69, 9.17) is 15.6 Å². The monoisotopic (exact) mass is 235 g/mol. The highest BCUT2D eigenvalue weighted by Gasteiger charge is 2.11. The molecule has 0 saturated carbocycles. The van der Waals surface area contributed by atoms with E-state index in [9.17, 15) is 9.59 Å². The van der Waals surface area contributed by atoms with E-state index >= 15 is 0 Å². The van der Waals surface area contributed by atoms with Gasteiger partial charge in [0, 0.05) is 6.08 Å². The molecule has 17 heavy (non-hydrogen) atoms. The van der Waals surface area contributed by atoms with Crippen molar-refractivity contribution < 1.29 is 19.4 Å². The van der Waals surface area contributed by atoms with Gasteiger partial charge in [0.1, 0.15) is 11.8 Å². The first-order valence-electron chi connectivity index (χ1n) is 4.94. The number of carboxylic acids is 1. The number of esters is 1. The van der Waals surface area contributed by atoms with Crippen LogP contribution in [0.5, 0.6) is 5.75 Å². The van der Waals surface area contributed by atoms with Crippen molar-refractivity contribution in [1.82, 2.24) is 0 Å². The topological polar surface area (TPSA) is 89.6 Å². The molecule has 1 aromatic rings. The molecule has 0 radical (unpaired) electrons. The summed E-state index contributed by atoms with van der Waals surface area (Å²) in [6.45, 7) is 3.28. The van der Waals surface area contributed by atoms with Crippen LogP contribution >= 0.6 is 0 Å². The lowest BCUT2D eigenvalue weighted by molar-refractivity contribution is -0.138. The third-order valence-corrected chi connectivity index (χ3v) is 2.08. The average Bonchev–Trinajstić information content (AvgIpc) is 2.31. The highest BCUT2D eigenvalue weighted by Crippen LogP contribution is 2.13. The number of carbonyl (C=O) groups is 2. The zero-order chi connectivity index (χ0) is 12.8. The van der Waals surface area contributed by atoms with Gasteiger partial charge in [-0.2, -0.15) is 0 Å². The Balaban J connectivity index is 2.64. The minimum absolute atomic E-state index is 0.227. The van der Waals surface area contributed by atoms with E-state index in [0.29, 0.717) is 5.75 Å². The van der Waals surface area contributed by atoms with E-state index in [1.54, 1.807) is 24.3 Å². The third-order valence-electron chi connectivity index (χ3n) is 2.08. The second-order valence-corrected chi connectivity index (χ2v) is 3.42. The molecular formula is C12H13NO4. The predicted molar refractivity (Wildman–Crippen MR) is 61.6 cm³/mol. The Bertz CT molecular complexity index is 425. The van der Waals surface area contributed by atoms with Crippen molar-refractivity contribution in [3.63, 3.8) is 0 Å². The molecule has 1 rings (SSSR count). The highest BCUT2D eigenvalue weighted by atomic mass is 16.5. The van der Waals surface area contributed by atoms with Gasteiger partial charge < -0.3 is 15.6 Å². The fourth-order valence-corrected chi connectivity index (χ4v) is 1.19. The summed E-state index contributed by atoms with van der Waals surface area (Å²) in [5.41, 5.74) is 6.15. The van der Waals surface area contributed by atoms with Crippen LogP contribution in [-0.4, -0.2) is 23.1 Å². The summed E-state index contributed by atoms with van der Waals surface area (Å²) in [6, 6.07) is 5.54. The molecule has 0 spiro atoms. The van der Waals surface area contributed by atoms with Gasteiger partial charge in [0.25, 0.3) is 0 Å². The Labute approximate surface area is 98.5 Å². The van der Waals surface area contributed by atoms with Crippen LogP contribution in [0.1, 0.15) is 5.56 Å². The molecule has 5 heteroatoms. The van der Waals surface area contributed by atoms with Gasteiger partial charge in [-0.05, 0) is 24.1 Å². The van der Waals surface area contributed by atoms with Gasteiger partial charge in [-0.1, -0.05) is 18.7 Å². The normalized spacial score (nSPS) is 11.6. The molecule has 0 aliphatic heterocycles. The van der Waals surface area contributed by atoms with Crippen LogP contribution < -0.4 is 10.5 Å². The van der Waals surface area contributed by atoms with E-state index in [2.05, 4.69) is 6.58 Å². The van der Waals surface area contributed by atoms with Crippen molar-refractivity contribution in [2.45, 2.75) is 12.5 Å². The van der Waals surface area contributed by atoms with Gasteiger partial charge >= 0.3 is 11.9 Å². The number of benzene rings is 1. The number of rotatable bonds is 5. The average molecular weight is 235 g/mol. The number of hydrogen-bond acceptors (Lipinski definition) is 4. The van der Waals surface area contributed by atoms with Crippen molar-refractivity contribution in [2.75, 3.05) is 0 Å². The maximum absolute atomic E-state index is 10.9. The Morgan fingerprint density at radius 1 is 1.41 bits per heavy atom. The Kier molecular flexibility index (Phi) is 4.42. The second kappa shape index (κ2) is 5.81. The molecule has 0 fully saturated rings. The Morgan fingerprint density at radius 3 is 2.47 bits per heavy atom. The fraction of sp³-hybridized carbons (Fsp3) is 0.167. The van der Waals surface area contributed by atoms with E-state index in [1.165, 1.54) is 0 Å². The van der Waals surface area contributed by atoms with Crippen molar-refractivity contribution in [3.05, 3.63) is 42.5 Å². The lowest BCUT2D eigenvalue weighted by atomic mass is 10.1. The number of carbonyl (C=O) groups excluding carboxylic acids is 1. The maximum atomic E-state index is 10.9. The van der Waals surface area contributed by atoms with Crippen molar-refractivity contribution >= 4 is 11.9 Å². The first-order valence-corrected chi connectivity index (χ1v) is 4.94. The van der Waals surface area contributed by atoms with Crippen molar-refractivity contribution in [3.8, 4) is 5.75 Å². The quantitative estimate of drug-likeness (QED) is 0.446. The minimum Gasteiger partial charge on any atom is -0.480 e. The number of hydrogen-bond donors (Lipinski definition) is 2. The summed E-state index contributed by atoms with van der Waals surface area (Å²) in [6.07, 6.45) is 1.29. The Hall–Kier alpha value is -2.14. The standard InChI is InChI=1S/C12H13NO4/c1-2-11(14)17-9-5-3-8(4-6-9)7-10(13)12(15)16/h2-6,10H,1,7,13H2,(H,15,16). The summed E-state index contributed by atoms with van der Waals surface area (Å²) in [5, 5.41) is 8.64. The van der Waals surface area contributed by atoms with E-state index in [0.717, 1.165) is 11.6 Å². The molecule has 0 amide bonds. The summed E-state index contributed by atoms with van der Waals surface area (Å²) in [7, 11) is 0. The molecule has 0 bridgehead atoms. The predicted octanol–water partition coefficient (Wildman–Crippen LogP) is 0.732. The molecule has 0 aliphatic carbocycles. The van der Waals surface area contributed by atoms with Gasteiger partial charge in [0.15, 0.2) is 0 Å². The molecule has 0 saturated heterocycles. The van der Waals surface area contributed by atoms with Crippen LogP contribution in [-0.2, 0) is 16.0 Å². The van der Waals surface area contributed by atoms with Crippen LogP contribution in [0.3, 0.4) is 0 Å². The number of ether oxygens (including phenoxy) is 1. The van der Waals surface area contributed by atoms with E-state index < -0.39 is 18.0 Å². The highest BCUT2D eigenvalue weighted by molar-refractivity contribution is 5.83. The van der Waals surface area contributed by atoms with Crippen LogP contribution in [0.4, 0.5) is 0 Å². The lowest BCUT2D eigenvalue weighted by Crippen LogP contribution is -2.32. The van der Waals surface area contributed by atoms with Gasteiger partial charge in [-0.15, -0.1) is 0 Å². The van der Waals surface area contributed by atoms with Gasteiger partial charge in [-0.3, -0.25) is 4.79 Å². The molecule has 1 atom stereocenters. The fourth-order valence-electron chi connectivity index (χ4n) is 1.19. The summed E-state index contributed by atoms with van der Waals surface area (Å²) in [5.74, 6) is -1.21. The third kappa shape index (κ3) is 4.08. The molecule has 0 aliphatic rings. The first-order chi connectivity index (χ1) is 8.02. The van der Waals surface area contributed by atoms with E-state index in [1.807, 2.05) is 0 Å². The molecule has 1 unspecified atom stereocenters. The lowest BCUT2D eigenvalue weighted by Gasteiger charge is -2.07. The molecular weight excluding hydrogens is 222 g/mol. The largest absolute Gasteiger partial charge is 0.480 e. The Morgan fingerprint density at radius 2 is 2.00 bits per heavy atom. The molecule has 1 aromatic carbocycles. The van der Waals surface area contributed by atoms with Crippen molar-refractivity contribution in [2.24, 2.45) is 5.73 Å². The SMILES string of the molecule is C=CC(=O)Oc1ccc(CC(N)C(=O)O)cc1. The number of carboxylic acid groups (broad SMARTS) is 1. The molecule has 0 heterocycles. The summed E-state index contributed by atoms with van der Waals surface area (Å²) < 4.78 is 4.87.